The van der Waals surface area contributed by atoms with E-state index < -0.39 is 11.9 Å². The number of methoxy groups -OCH3 is 1. The summed E-state index contributed by atoms with van der Waals surface area (Å²) in [5, 5.41) is 20.1. The second kappa shape index (κ2) is 9.31. The van der Waals surface area contributed by atoms with Gasteiger partial charge in [0.1, 0.15) is 10.8 Å². The molecule has 34 heavy (non-hydrogen) atoms. The van der Waals surface area contributed by atoms with Crippen molar-refractivity contribution < 1.29 is 14.6 Å². The van der Waals surface area contributed by atoms with Gasteiger partial charge in [0, 0.05) is 37.9 Å². The SMILES string of the molecule is CCN1CCNCc2cc(OC)c(Nc3ncc(Cl)c(N[C@H]4[C@@H](C(=O)O)[C@@H]5C=C[C@H]4C5)n3)cc21. The summed E-state index contributed by atoms with van der Waals surface area (Å²) in [6.07, 6.45) is 6.45. The summed E-state index contributed by atoms with van der Waals surface area (Å²) in [6, 6.07) is 3.84. The molecular weight excluding hydrogens is 456 g/mol. The van der Waals surface area contributed by atoms with Gasteiger partial charge in [-0.3, -0.25) is 4.79 Å². The van der Waals surface area contributed by atoms with Gasteiger partial charge in [-0.1, -0.05) is 23.8 Å². The number of ether oxygens (including phenoxy) is 1. The molecule has 0 saturated heterocycles. The van der Waals surface area contributed by atoms with Gasteiger partial charge in [0.05, 0.1) is 24.9 Å². The molecule has 1 aromatic carbocycles. The molecule has 4 atom stereocenters. The van der Waals surface area contributed by atoms with E-state index in [-0.39, 0.29) is 17.9 Å². The first-order chi connectivity index (χ1) is 16.5. The average Bonchev–Trinajstić information content (AvgIpc) is 3.37. The summed E-state index contributed by atoms with van der Waals surface area (Å²) in [5.41, 5.74) is 3.06. The number of nitrogens with zero attached hydrogens (tertiary/aromatic N) is 3. The van der Waals surface area contributed by atoms with Crippen molar-refractivity contribution in [3.05, 3.63) is 41.1 Å². The van der Waals surface area contributed by atoms with Crippen LogP contribution in [0.25, 0.3) is 0 Å². The Labute approximate surface area is 203 Å². The smallest absolute Gasteiger partial charge is 0.309 e. The minimum Gasteiger partial charge on any atom is -0.495 e. The Morgan fingerprint density at radius 1 is 1.35 bits per heavy atom. The topological polar surface area (TPSA) is 112 Å². The molecular formula is C24H29ClN6O3. The van der Waals surface area contributed by atoms with Gasteiger partial charge in [-0.05, 0) is 42.9 Å². The van der Waals surface area contributed by atoms with Gasteiger partial charge in [0.25, 0.3) is 0 Å². The summed E-state index contributed by atoms with van der Waals surface area (Å²) in [5.74, 6) is 0.342. The summed E-state index contributed by atoms with van der Waals surface area (Å²) in [6.45, 7) is 5.65. The number of halogens is 1. The molecule has 2 aromatic rings. The van der Waals surface area contributed by atoms with E-state index in [0.29, 0.717) is 22.5 Å². The number of allylic oxidation sites excluding steroid dienone is 1. The molecule has 0 amide bonds. The molecule has 9 nitrogen and oxygen atoms in total. The zero-order valence-electron chi connectivity index (χ0n) is 19.2. The molecule has 3 aliphatic rings. The molecule has 5 rings (SSSR count). The summed E-state index contributed by atoms with van der Waals surface area (Å²) in [7, 11) is 1.64. The van der Waals surface area contributed by atoms with E-state index in [9.17, 15) is 9.90 Å². The third-order valence-electron chi connectivity index (χ3n) is 7.04. The van der Waals surface area contributed by atoms with Crippen molar-refractivity contribution in [3.8, 4) is 5.75 Å². The molecule has 1 fully saturated rings. The van der Waals surface area contributed by atoms with Gasteiger partial charge in [-0.2, -0.15) is 4.98 Å². The van der Waals surface area contributed by atoms with Crippen LogP contribution in [0.3, 0.4) is 0 Å². The van der Waals surface area contributed by atoms with Gasteiger partial charge in [0.15, 0.2) is 5.82 Å². The number of nitrogens with one attached hydrogen (secondary N) is 3. The Bertz CT molecular complexity index is 1130. The molecule has 2 aliphatic carbocycles. The predicted octanol–water partition coefficient (Wildman–Crippen LogP) is 3.50. The van der Waals surface area contributed by atoms with Crippen LogP contribution in [0.1, 0.15) is 18.9 Å². The highest BCUT2D eigenvalue weighted by Crippen LogP contribution is 2.45. The molecule has 0 unspecified atom stereocenters. The molecule has 2 heterocycles. The minimum atomic E-state index is -0.803. The highest BCUT2D eigenvalue weighted by molar-refractivity contribution is 6.32. The van der Waals surface area contributed by atoms with Crippen LogP contribution in [-0.2, 0) is 11.3 Å². The predicted molar refractivity (Wildman–Crippen MR) is 132 cm³/mol. The molecule has 10 heteroatoms. The summed E-state index contributed by atoms with van der Waals surface area (Å²) >= 11 is 6.40. The number of carboxylic acid groups (broad SMARTS) is 1. The Morgan fingerprint density at radius 3 is 2.94 bits per heavy atom. The van der Waals surface area contributed by atoms with E-state index in [1.807, 2.05) is 12.1 Å². The van der Waals surface area contributed by atoms with E-state index in [2.05, 4.69) is 49.9 Å². The van der Waals surface area contributed by atoms with Gasteiger partial charge in [0.2, 0.25) is 5.95 Å². The first-order valence-electron chi connectivity index (χ1n) is 11.6. The van der Waals surface area contributed by atoms with E-state index in [0.717, 1.165) is 44.0 Å². The molecule has 1 saturated carbocycles. The van der Waals surface area contributed by atoms with Gasteiger partial charge in [-0.25, -0.2) is 4.98 Å². The van der Waals surface area contributed by atoms with E-state index in [4.69, 9.17) is 16.3 Å². The van der Waals surface area contributed by atoms with Crippen molar-refractivity contribution in [1.29, 1.82) is 0 Å². The normalized spacial score (nSPS) is 25.1. The van der Waals surface area contributed by atoms with Crippen molar-refractivity contribution in [1.82, 2.24) is 15.3 Å². The Kier molecular flexibility index (Phi) is 6.22. The minimum absolute atomic E-state index is 0.0399. The van der Waals surface area contributed by atoms with Crippen molar-refractivity contribution in [2.24, 2.45) is 17.8 Å². The number of aliphatic carboxylic acids is 1. The maximum atomic E-state index is 11.9. The number of likely N-dealkylation sites (N-methyl/N-ethyl adjacent to an activating group) is 1. The molecule has 1 aromatic heterocycles. The van der Waals surface area contributed by atoms with Crippen molar-refractivity contribution >= 4 is 40.7 Å². The second-order valence-corrected chi connectivity index (χ2v) is 9.34. The zero-order valence-corrected chi connectivity index (χ0v) is 20.0. The van der Waals surface area contributed by atoms with E-state index >= 15 is 0 Å². The fraction of sp³-hybridized carbons (Fsp3) is 0.458. The lowest BCUT2D eigenvalue weighted by atomic mass is 9.89. The van der Waals surface area contributed by atoms with Crippen molar-refractivity contribution in [2.75, 3.05) is 42.3 Å². The maximum Gasteiger partial charge on any atom is 0.309 e. The molecule has 0 spiro atoms. The van der Waals surface area contributed by atoms with Crippen molar-refractivity contribution in [3.63, 3.8) is 0 Å². The Hall–Kier alpha value is -3.04. The van der Waals surface area contributed by atoms with Crippen LogP contribution >= 0.6 is 11.6 Å². The standard InChI is InChI=1S/C24H29ClN6O3/c1-3-31-7-6-26-11-15-9-19(34-2)17(10-18(15)31)28-24-27-12-16(25)22(30-24)29-21-14-5-4-13(8-14)20(21)23(32)33/h4-5,9-10,12-14,20-21,26H,3,6-8,11H2,1-2H3,(H,32,33)(H2,27,28,29,30)/t13-,14+,20+,21-/m1/s1. The number of carbonyl (C=O) groups is 1. The number of fused-ring (bicyclic) bond motifs is 3. The Morgan fingerprint density at radius 2 is 2.18 bits per heavy atom. The van der Waals surface area contributed by atoms with E-state index in [1.54, 1.807) is 7.11 Å². The summed E-state index contributed by atoms with van der Waals surface area (Å²) < 4.78 is 5.65. The van der Waals surface area contributed by atoms with Gasteiger partial charge >= 0.3 is 5.97 Å². The number of hydrogen-bond acceptors (Lipinski definition) is 8. The molecule has 0 radical (unpaired) electrons. The van der Waals surface area contributed by atoms with E-state index in [1.165, 1.54) is 11.8 Å². The number of aromatic nitrogens is 2. The van der Waals surface area contributed by atoms with Crippen LogP contribution in [0.2, 0.25) is 5.02 Å². The van der Waals surface area contributed by atoms with Crippen LogP contribution in [0.4, 0.5) is 23.1 Å². The quantitative estimate of drug-likeness (QED) is 0.438. The van der Waals surface area contributed by atoms with Gasteiger partial charge in [-0.15, -0.1) is 0 Å². The number of benzene rings is 1. The third-order valence-corrected chi connectivity index (χ3v) is 7.31. The van der Waals surface area contributed by atoms with Crippen LogP contribution in [0, 0.1) is 17.8 Å². The second-order valence-electron chi connectivity index (χ2n) is 8.94. The number of hydrogen-bond donors (Lipinski definition) is 4. The number of anilines is 4. The van der Waals surface area contributed by atoms with Crippen LogP contribution < -0.4 is 25.6 Å². The number of carboxylic acids is 1. The van der Waals surface area contributed by atoms with Crippen molar-refractivity contribution in [2.45, 2.75) is 25.9 Å². The highest BCUT2D eigenvalue weighted by atomic mass is 35.5. The molecule has 4 N–H and O–H groups in total. The third kappa shape index (κ3) is 4.14. The molecule has 1 aliphatic heterocycles. The molecule has 2 bridgehead atoms. The van der Waals surface area contributed by atoms with Gasteiger partial charge < -0.3 is 30.7 Å². The zero-order chi connectivity index (χ0) is 23.8. The lowest BCUT2D eigenvalue weighted by molar-refractivity contribution is -0.142. The maximum absolute atomic E-state index is 11.9. The fourth-order valence-electron chi connectivity index (χ4n) is 5.36. The average molecular weight is 485 g/mol. The van der Waals surface area contributed by atoms with Crippen LogP contribution in [-0.4, -0.2) is 53.8 Å². The fourth-order valence-corrected chi connectivity index (χ4v) is 5.51. The first-order valence-corrected chi connectivity index (χ1v) is 12.0. The summed E-state index contributed by atoms with van der Waals surface area (Å²) in [4.78, 5) is 23.1. The van der Waals surface area contributed by atoms with Crippen LogP contribution in [0.5, 0.6) is 5.75 Å². The Balaban J connectivity index is 1.43. The number of rotatable bonds is 7. The lowest BCUT2D eigenvalue weighted by Crippen LogP contribution is -2.38. The monoisotopic (exact) mass is 484 g/mol. The highest BCUT2D eigenvalue weighted by Gasteiger charge is 2.48. The van der Waals surface area contributed by atoms with Crippen LogP contribution in [0.15, 0.2) is 30.5 Å². The molecule has 180 valence electrons. The lowest BCUT2D eigenvalue weighted by Gasteiger charge is -2.27. The largest absolute Gasteiger partial charge is 0.495 e. The first kappa shape index (κ1) is 22.7.